The summed E-state index contributed by atoms with van der Waals surface area (Å²) in [6.07, 6.45) is 0. The predicted octanol–water partition coefficient (Wildman–Crippen LogP) is 3.68. The van der Waals surface area contributed by atoms with Crippen molar-refractivity contribution in [2.45, 2.75) is 0 Å². The molecule has 20 heavy (non-hydrogen) atoms. The Labute approximate surface area is 120 Å². The molecule has 0 aliphatic carbocycles. The van der Waals surface area contributed by atoms with Crippen LogP contribution in [0.1, 0.15) is 10.4 Å². The van der Waals surface area contributed by atoms with Crippen molar-refractivity contribution in [3.8, 4) is 0 Å². The van der Waals surface area contributed by atoms with Gasteiger partial charge in [0, 0.05) is 16.4 Å². The molecule has 0 bridgehead atoms. The molecule has 0 radical (unpaired) electrons. The molecule has 2 aromatic carbocycles. The zero-order valence-electron chi connectivity index (χ0n) is 10.3. The normalized spacial score (nSPS) is 9.85. The molecule has 6 heteroatoms. The van der Waals surface area contributed by atoms with Gasteiger partial charge in [-0.1, -0.05) is 17.7 Å². The van der Waals surface area contributed by atoms with Crippen LogP contribution in [0.5, 0.6) is 0 Å². The van der Waals surface area contributed by atoms with Gasteiger partial charge in [-0.2, -0.15) is 0 Å². The van der Waals surface area contributed by atoms with Crippen LogP contribution in [0.15, 0.2) is 48.5 Å². The lowest BCUT2D eigenvalue weighted by molar-refractivity contribution is 0.0697. The SMILES string of the molecule is O=C(Nc1ccc(C(=O)O)cc1)Nc1cccc(Cl)c1. The highest BCUT2D eigenvalue weighted by molar-refractivity contribution is 6.30. The highest BCUT2D eigenvalue weighted by atomic mass is 35.5. The lowest BCUT2D eigenvalue weighted by Gasteiger charge is -2.08. The second-order valence-corrected chi connectivity index (χ2v) is 4.41. The Bertz CT molecular complexity index is 641. The summed E-state index contributed by atoms with van der Waals surface area (Å²) in [6, 6.07) is 12.2. The number of rotatable bonds is 3. The van der Waals surface area contributed by atoms with Gasteiger partial charge in [0.25, 0.3) is 0 Å². The largest absolute Gasteiger partial charge is 0.478 e. The minimum Gasteiger partial charge on any atom is -0.478 e. The first-order valence-electron chi connectivity index (χ1n) is 5.71. The van der Waals surface area contributed by atoms with E-state index < -0.39 is 12.0 Å². The Balaban J connectivity index is 1.99. The summed E-state index contributed by atoms with van der Waals surface area (Å²) in [5, 5.41) is 14.5. The van der Waals surface area contributed by atoms with E-state index in [1.807, 2.05) is 0 Å². The number of anilines is 2. The van der Waals surface area contributed by atoms with Crippen molar-refractivity contribution in [1.29, 1.82) is 0 Å². The number of hydrogen-bond acceptors (Lipinski definition) is 2. The van der Waals surface area contributed by atoms with Crippen LogP contribution in [0.3, 0.4) is 0 Å². The fourth-order valence-electron chi connectivity index (χ4n) is 1.56. The first kappa shape index (κ1) is 13.9. The number of aromatic carboxylic acids is 1. The van der Waals surface area contributed by atoms with Crippen LogP contribution in [0, 0.1) is 0 Å². The summed E-state index contributed by atoms with van der Waals surface area (Å²) in [6.45, 7) is 0. The highest BCUT2D eigenvalue weighted by Gasteiger charge is 2.05. The topological polar surface area (TPSA) is 78.4 Å². The maximum Gasteiger partial charge on any atom is 0.335 e. The summed E-state index contributed by atoms with van der Waals surface area (Å²) in [5.41, 5.74) is 1.22. The molecule has 0 saturated carbocycles. The molecule has 102 valence electrons. The van der Waals surface area contributed by atoms with Crippen molar-refractivity contribution in [3.05, 3.63) is 59.1 Å². The molecule has 0 unspecified atom stereocenters. The lowest BCUT2D eigenvalue weighted by Crippen LogP contribution is -2.19. The van der Waals surface area contributed by atoms with Crippen LogP contribution in [-0.2, 0) is 0 Å². The number of carboxylic acids is 1. The number of carbonyl (C=O) groups is 2. The van der Waals surface area contributed by atoms with E-state index >= 15 is 0 Å². The van der Waals surface area contributed by atoms with Crippen molar-refractivity contribution >= 4 is 35.0 Å². The van der Waals surface area contributed by atoms with Gasteiger partial charge in [0.05, 0.1) is 5.56 Å². The molecule has 5 nitrogen and oxygen atoms in total. The van der Waals surface area contributed by atoms with Crippen molar-refractivity contribution in [3.63, 3.8) is 0 Å². The molecule has 0 fully saturated rings. The molecule has 2 aromatic rings. The number of nitrogens with one attached hydrogen (secondary N) is 2. The van der Waals surface area contributed by atoms with E-state index in [1.165, 1.54) is 24.3 Å². The van der Waals surface area contributed by atoms with Crippen molar-refractivity contribution in [2.24, 2.45) is 0 Å². The van der Waals surface area contributed by atoms with E-state index in [2.05, 4.69) is 10.6 Å². The van der Waals surface area contributed by atoms with Gasteiger partial charge >= 0.3 is 12.0 Å². The average molecular weight is 291 g/mol. The zero-order chi connectivity index (χ0) is 14.5. The number of hydrogen-bond donors (Lipinski definition) is 3. The average Bonchev–Trinajstić information content (AvgIpc) is 2.39. The van der Waals surface area contributed by atoms with Crippen LogP contribution in [0.4, 0.5) is 16.2 Å². The van der Waals surface area contributed by atoms with E-state index in [9.17, 15) is 9.59 Å². The molecule has 3 N–H and O–H groups in total. The second kappa shape index (κ2) is 6.08. The van der Waals surface area contributed by atoms with Crippen molar-refractivity contribution < 1.29 is 14.7 Å². The van der Waals surface area contributed by atoms with Gasteiger partial charge in [-0.05, 0) is 42.5 Å². The fourth-order valence-corrected chi connectivity index (χ4v) is 1.75. The van der Waals surface area contributed by atoms with E-state index in [-0.39, 0.29) is 5.56 Å². The van der Waals surface area contributed by atoms with Crippen LogP contribution in [0.25, 0.3) is 0 Å². The van der Waals surface area contributed by atoms with Gasteiger partial charge in [0.1, 0.15) is 0 Å². The number of carboxylic acid groups (broad SMARTS) is 1. The molecule has 0 spiro atoms. The zero-order valence-corrected chi connectivity index (χ0v) is 11.0. The molecule has 2 amide bonds. The minimum absolute atomic E-state index is 0.158. The highest BCUT2D eigenvalue weighted by Crippen LogP contribution is 2.15. The first-order valence-corrected chi connectivity index (χ1v) is 6.09. The fraction of sp³-hybridized carbons (Fsp3) is 0. The molecule has 0 aliphatic rings. The number of urea groups is 1. The summed E-state index contributed by atoms with van der Waals surface area (Å²) < 4.78 is 0. The van der Waals surface area contributed by atoms with E-state index in [4.69, 9.17) is 16.7 Å². The van der Waals surface area contributed by atoms with Crippen LogP contribution < -0.4 is 10.6 Å². The Morgan fingerprint density at radius 3 is 2.20 bits per heavy atom. The maximum atomic E-state index is 11.7. The van der Waals surface area contributed by atoms with Crippen LogP contribution in [-0.4, -0.2) is 17.1 Å². The molecule has 0 heterocycles. The molecular weight excluding hydrogens is 280 g/mol. The second-order valence-electron chi connectivity index (χ2n) is 3.97. The van der Waals surface area contributed by atoms with Crippen molar-refractivity contribution in [1.82, 2.24) is 0 Å². The Morgan fingerprint density at radius 1 is 0.950 bits per heavy atom. The third-order valence-corrected chi connectivity index (χ3v) is 2.71. The number of carbonyl (C=O) groups excluding carboxylic acids is 1. The summed E-state index contributed by atoms with van der Waals surface area (Å²) >= 11 is 5.81. The van der Waals surface area contributed by atoms with Gasteiger partial charge in [-0.15, -0.1) is 0 Å². The minimum atomic E-state index is -1.01. The van der Waals surface area contributed by atoms with Crippen LogP contribution >= 0.6 is 11.6 Å². The van der Waals surface area contributed by atoms with Gasteiger partial charge in [0.2, 0.25) is 0 Å². The molecule has 0 atom stereocenters. The van der Waals surface area contributed by atoms with Gasteiger partial charge in [-0.3, -0.25) is 0 Å². The molecule has 0 aliphatic heterocycles. The Morgan fingerprint density at radius 2 is 1.60 bits per heavy atom. The first-order chi connectivity index (χ1) is 9.54. The third-order valence-electron chi connectivity index (χ3n) is 2.47. The standard InChI is InChI=1S/C14H11ClN2O3/c15-10-2-1-3-12(8-10)17-14(20)16-11-6-4-9(5-7-11)13(18)19/h1-8H,(H,18,19)(H2,16,17,20). The van der Waals surface area contributed by atoms with Gasteiger partial charge in [0.15, 0.2) is 0 Å². The smallest absolute Gasteiger partial charge is 0.335 e. The number of amides is 2. The quantitative estimate of drug-likeness (QED) is 0.807. The molecular formula is C14H11ClN2O3. The van der Waals surface area contributed by atoms with E-state index in [0.29, 0.717) is 16.4 Å². The van der Waals surface area contributed by atoms with E-state index in [0.717, 1.165) is 0 Å². The van der Waals surface area contributed by atoms with Gasteiger partial charge in [-0.25, -0.2) is 9.59 Å². The lowest BCUT2D eigenvalue weighted by atomic mass is 10.2. The summed E-state index contributed by atoms with van der Waals surface area (Å²) in [4.78, 5) is 22.4. The monoisotopic (exact) mass is 290 g/mol. The van der Waals surface area contributed by atoms with Gasteiger partial charge < -0.3 is 15.7 Å². The van der Waals surface area contributed by atoms with E-state index in [1.54, 1.807) is 24.3 Å². The Kier molecular flexibility index (Phi) is 4.22. The molecule has 0 aromatic heterocycles. The third kappa shape index (κ3) is 3.73. The number of halogens is 1. The number of benzene rings is 2. The Hall–Kier alpha value is -2.53. The summed E-state index contributed by atoms with van der Waals surface area (Å²) in [7, 11) is 0. The maximum absolute atomic E-state index is 11.7. The predicted molar refractivity (Wildman–Crippen MR) is 77.5 cm³/mol. The van der Waals surface area contributed by atoms with Crippen molar-refractivity contribution in [2.75, 3.05) is 10.6 Å². The molecule has 0 saturated heterocycles. The van der Waals surface area contributed by atoms with Crippen LogP contribution in [0.2, 0.25) is 5.02 Å². The summed E-state index contributed by atoms with van der Waals surface area (Å²) in [5.74, 6) is -1.01. The molecule has 2 rings (SSSR count).